The number of ether oxygens (including phenoxy) is 1. The molecule has 0 fully saturated rings. The minimum absolute atomic E-state index is 0.0641. The Hall–Kier alpha value is -3.15. The van der Waals surface area contributed by atoms with Gasteiger partial charge < -0.3 is 15.4 Å². The monoisotopic (exact) mass is 336 g/mol. The Morgan fingerprint density at radius 2 is 1.88 bits per heavy atom. The van der Waals surface area contributed by atoms with E-state index in [2.05, 4.69) is 20.6 Å². The Morgan fingerprint density at radius 3 is 2.56 bits per heavy atom. The molecule has 25 heavy (non-hydrogen) atoms. The van der Waals surface area contributed by atoms with Crippen LogP contribution in [-0.2, 0) is 0 Å². The summed E-state index contributed by atoms with van der Waals surface area (Å²) in [6.07, 6.45) is 1.82. The van der Waals surface area contributed by atoms with E-state index in [9.17, 15) is 4.79 Å². The standard InChI is InChI=1S/C19H20N4O2/c1-12(2)25-16-6-4-5-14-11-21-19(23-17(14)16)22-15-9-7-13(8-10-15)18(24)20-3/h4-12H,1-3H3,(H,20,24)(H,21,22,23). The number of aromatic nitrogens is 2. The minimum atomic E-state index is -0.121. The molecule has 0 aliphatic heterocycles. The highest BCUT2D eigenvalue weighted by Crippen LogP contribution is 2.26. The van der Waals surface area contributed by atoms with Gasteiger partial charge in [-0.2, -0.15) is 0 Å². The average Bonchev–Trinajstić information content (AvgIpc) is 2.62. The number of hydrogen-bond acceptors (Lipinski definition) is 5. The molecule has 0 radical (unpaired) electrons. The first-order valence-electron chi connectivity index (χ1n) is 8.08. The molecule has 0 aliphatic rings. The van der Waals surface area contributed by atoms with Gasteiger partial charge in [0.15, 0.2) is 0 Å². The molecule has 128 valence electrons. The van der Waals surface area contributed by atoms with Gasteiger partial charge in [0.25, 0.3) is 5.91 Å². The van der Waals surface area contributed by atoms with E-state index in [0.29, 0.717) is 11.5 Å². The van der Waals surface area contributed by atoms with Crippen molar-refractivity contribution < 1.29 is 9.53 Å². The lowest BCUT2D eigenvalue weighted by Crippen LogP contribution is -2.17. The van der Waals surface area contributed by atoms with Crippen LogP contribution in [0.5, 0.6) is 5.75 Å². The third-order valence-electron chi connectivity index (χ3n) is 3.57. The van der Waals surface area contributed by atoms with Gasteiger partial charge in [-0.3, -0.25) is 4.79 Å². The number of carbonyl (C=O) groups is 1. The first kappa shape index (κ1) is 16.7. The molecule has 6 heteroatoms. The number of amides is 1. The number of nitrogens with zero attached hydrogens (tertiary/aromatic N) is 2. The first-order valence-corrected chi connectivity index (χ1v) is 8.08. The molecule has 0 saturated heterocycles. The van der Waals surface area contributed by atoms with Crippen LogP contribution in [0.15, 0.2) is 48.7 Å². The van der Waals surface area contributed by atoms with Crippen LogP contribution in [0.1, 0.15) is 24.2 Å². The fraction of sp³-hybridized carbons (Fsp3) is 0.211. The van der Waals surface area contributed by atoms with Crippen LogP contribution in [0.3, 0.4) is 0 Å². The second-order valence-electron chi connectivity index (χ2n) is 5.84. The van der Waals surface area contributed by atoms with E-state index >= 15 is 0 Å². The second-order valence-corrected chi connectivity index (χ2v) is 5.84. The van der Waals surface area contributed by atoms with Gasteiger partial charge in [-0.1, -0.05) is 12.1 Å². The van der Waals surface area contributed by atoms with Gasteiger partial charge in [0.1, 0.15) is 11.3 Å². The Morgan fingerprint density at radius 1 is 1.12 bits per heavy atom. The van der Waals surface area contributed by atoms with Crippen molar-refractivity contribution >= 4 is 28.4 Å². The van der Waals surface area contributed by atoms with Gasteiger partial charge in [0, 0.05) is 29.9 Å². The average molecular weight is 336 g/mol. The molecule has 2 N–H and O–H groups in total. The molecule has 1 heterocycles. The minimum Gasteiger partial charge on any atom is -0.489 e. The van der Waals surface area contributed by atoms with Crippen molar-refractivity contribution in [1.82, 2.24) is 15.3 Å². The number of anilines is 2. The fourth-order valence-corrected chi connectivity index (χ4v) is 2.42. The normalized spacial score (nSPS) is 10.7. The van der Waals surface area contributed by atoms with Gasteiger partial charge in [0.2, 0.25) is 5.95 Å². The van der Waals surface area contributed by atoms with Crippen molar-refractivity contribution in [3.05, 3.63) is 54.2 Å². The number of rotatable bonds is 5. The smallest absolute Gasteiger partial charge is 0.251 e. The molecule has 3 rings (SSSR count). The van der Waals surface area contributed by atoms with E-state index in [1.165, 1.54) is 0 Å². The predicted octanol–water partition coefficient (Wildman–Crippen LogP) is 3.52. The predicted molar refractivity (Wildman–Crippen MR) is 98.4 cm³/mol. The van der Waals surface area contributed by atoms with E-state index in [-0.39, 0.29) is 12.0 Å². The number of nitrogens with one attached hydrogen (secondary N) is 2. The van der Waals surface area contributed by atoms with Crippen LogP contribution in [0, 0.1) is 0 Å². The Labute approximate surface area is 146 Å². The molecule has 1 aromatic heterocycles. The van der Waals surface area contributed by atoms with Gasteiger partial charge in [-0.15, -0.1) is 0 Å². The van der Waals surface area contributed by atoms with E-state index in [0.717, 1.165) is 22.3 Å². The number of carbonyl (C=O) groups excluding carboxylic acids is 1. The van der Waals surface area contributed by atoms with Crippen LogP contribution < -0.4 is 15.4 Å². The summed E-state index contributed by atoms with van der Waals surface area (Å²) in [7, 11) is 1.61. The molecular weight excluding hydrogens is 316 g/mol. The third-order valence-corrected chi connectivity index (χ3v) is 3.57. The van der Waals surface area contributed by atoms with Crippen molar-refractivity contribution in [3.8, 4) is 5.75 Å². The van der Waals surface area contributed by atoms with Gasteiger partial charge in [-0.25, -0.2) is 9.97 Å². The summed E-state index contributed by atoms with van der Waals surface area (Å²) in [5.74, 6) is 1.08. The number of hydrogen-bond donors (Lipinski definition) is 2. The summed E-state index contributed by atoms with van der Waals surface area (Å²) in [6, 6.07) is 12.9. The summed E-state index contributed by atoms with van der Waals surface area (Å²) >= 11 is 0. The Bertz CT molecular complexity index is 892. The van der Waals surface area contributed by atoms with Crippen LogP contribution in [0.4, 0.5) is 11.6 Å². The summed E-state index contributed by atoms with van der Waals surface area (Å²) in [5.41, 5.74) is 2.16. The van der Waals surface area contributed by atoms with Crippen LogP contribution in [-0.4, -0.2) is 29.0 Å². The highest BCUT2D eigenvalue weighted by molar-refractivity contribution is 5.94. The first-order chi connectivity index (χ1) is 12.1. The van der Waals surface area contributed by atoms with Crippen molar-refractivity contribution in [2.75, 3.05) is 12.4 Å². The van der Waals surface area contributed by atoms with E-state index in [4.69, 9.17) is 4.74 Å². The fourth-order valence-electron chi connectivity index (χ4n) is 2.42. The molecule has 2 aromatic carbocycles. The van der Waals surface area contributed by atoms with E-state index in [1.54, 1.807) is 25.4 Å². The molecule has 0 unspecified atom stereocenters. The summed E-state index contributed by atoms with van der Waals surface area (Å²) in [4.78, 5) is 20.5. The third kappa shape index (κ3) is 3.85. The van der Waals surface area contributed by atoms with Gasteiger partial charge in [0.05, 0.1) is 6.10 Å². The molecule has 0 spiro atoms. The molecule has 0 aliphatic carbocycles. The van der Waals surface area contributed by atoms with E-state index < -0.39 is 0 Å². The van der Waals surface area contributed by atoms with Crippen LogP contribution >= 0.6 is 0 Å². The molecule has 1 amide bonds. The number of benzene rings is 2. The topological polar surface area (TPSA) is 76.1 Å². The number of fused-ring (bicyclic) bond motifs is 1. The Kier molecular flexibility index (Phi) is 4.79. The molecule has 0 saturated carbocycles. The maximum Gasteiger partial charge on any atom is 0.251 e. The lowest BCUT2D eigenvalue weighted by Gasteiger charge is -2.12. The summed E-state index contributed by atoms with van der Waals surface area (Å²) < 4.78 is 5.82. The van der Waals surface area contributed by atoms with Crippen LogP contribution in [0.25, 0.3) is 10.9 Å². The molecule has 0 atom stereocenters. The lowest BCUT2D eigenvalue weighted by molar-refractivity contribution is 0.0963. The van der Waals surface area contributed by atoms with Crippen molar-refractivity contribution in [2.45, 2.75) is 20.0 Å². The zero-order valence-corrected chi connectivity index (χ0v) is 14.4. The lowest BCUT2D eigenvalue weighted by atomic mass is 10.2. The van der Waals surface area contributed by atoms with Gasteiger partial charge in [-0.05, 0) is 44.2 Å². The molecule has 0 bridgehead atoms. The summed E-state index contributed by atoms with van der Waals surface area (Å²) in [6.45, 7) is 3.96. The molecular formula is C19H20N4O2. The van der Waals surface area contributed by atoms with Crippen molar-refractivity contribution in [1.29, 1.82) is 0 Å². The molecule has 6 nitrogen and oxygen atoms in total. The Balaban J connectivity index is 1.87. The zero-order valence-electron chi connectivity index (χ0n) is 14.4. The quantitative estimate of drug-likeness (QED) is 0.745. The highest BCUT2D eigenvalue weighted by atomic mass is 16.5. The van der Waals surface area contributed by atoms with Crippen molar-refractivity contribution in [3.63, 3.8) is 0 Å². The van der Waals surface area contributed by atoms with Crippen molar-refractivity contribution in [2.24, 2.45) is 0 Å². The maximum absolute atomic E-state index is 11.6. The molecule has 3 aromatic rings. The maximum atomic E-state index is 11.6. The summed E-state index contributed by atoms with van der Waals surface area (Å²) in [5, 5.41) is 6.66. The highest BCUT2D eigenvalue weighted by Gasteiger charge is 2.08. The zero-order chi connectivity index (χ0) is 17.8. The van der Waals surface area contributed by atoms with Gasteiger partial charge >= 0.3 is 0 Å². The largest absolute Gasteiger partial charge is 0.489 e. The number of para-hydroxylation sites is 1. The second kappa shape index (κ2) is 7.17. The SMILES string of the molecule is CNC(=O)c1ccc(Nc2ncc3cccc(OC(C)C)c3n2)cc1. The van der Waals surface area contributed by atoms with E-state index in [1.807, 2.05) is 44.2 Å². The van der Waals surface area contributed by atoms with Crippen LogP contribution in [0.2, 0.25) is 0 Å².